The van der Waals surface area contributed by atoms with Gasteiger partial charge in [0.2, 0.25) is 17.7 Å². The van der Waals surface area contributed by atoms with Crippen molar-refractivity contribution in [2.24, 2.45) is 0 Å². The second-order valence-corrected chi connectivity index (χ2v) is 13.6. The van der Waals surface area contributed by atoms with Crippen LogP contribution in [0.2, 0.25) is 10.0 Å². The molecule has 262 valence electrons. The predicted molar refractivity (Wildman–Crippen MR) is 198 cm³/mol. The predicted octanol–water partition coefficient (Wildman–Crippen LogP) is 5.14. The molecule has 0 aliphatic carbocycles. The van der Waals surface area contributed by atoms with Crippen LogP contribution < -0.4 is 31.6 Å². The topological polar surface area (TPSA) is 139 Å². The molecule has 0 saturated carbocycles. The summed E-state index contributed by atoms with van der Waals surface area (Å²) in [5, 5.41) is 13.6. The van der Waals surface area contributed by atoms with E-state index in [-0.39, 0.29) is 29.5 Å². The molecule has 4 N–H and O–H groups in total. The monoisotopic (exact) mass is 725 g/mol. The van der Waals surface area contributed by atoms with Crippen molar-refractivity contribution in [3.63, 3.8) is 0 Å². The molecule has 2 aromatic carbocycles. The molecule has 5 aromatic rings. The van der Waals surface area contributed by atoms with Crippen molar-refractivity contribution in [1.29, 1.82) is 0 Å². The van der Waals surface area contributed by atoms with Crippen LogP contribution in [0.5, 0.6) is 5.88 Å². The Labute approximate surface area is 304 Å². The third-order valence-electron chi connectivity index (χ3n) is 9.30. The van der Waals surface area contributed by atoms with E-state index < -0.39 is 0 Å². The van der Waals surface area contributed by atoms with Crippen molar-refractivity contribution in [2.75, 3.05) is 20.2 Å². The second-order valence-electron chi connectivity index (χ2n) is 12.8. The highest BCUT2D eigenvalue weighted by molar-refractivity contribution is 6.39. The van der Waals surface area contributed by atoms with Gasteiger partial charge in [-0.25, -0.2) is 9.97 Å². The average Bonchev–Trinajstić information content (AvgIpc) is 3.75. The Morgan fingerprint density at radius 2 is 1.41 bits per heavy atom. The van der Waals surface area contributed by atoms with E-state index in [2.05, 4.69) is 21.3 Å². The zero-order valence-electron chi connectivity index (χ0n) is 28.0. The maximum Gasteiger partial charge on any atom is 0.258 e. The van der Waals surface area contributed by atoms with E-state index in [4.69, 9.17) is 37.9 Å². The number of nitrogens with zero attached hydrogens (tertiary/aromatic N) is 3. The minimum absolute atomic E-state index is 0.0650. The van der Waals surface area contributed by atoms with Gasteiger partial charge in [0.25, 0.3) is 5.56 Å². The fourth-order valence-corrected chi connectivity index (χ4v) is 7.32. The Kier molecular flexibility index (Phi) is 10.3. The maximum absolute atomic E-state index is 12.9. The van der Waals surface area contributed by atoms with Crippen molar-refractivity contribution in [3.8, 4) is 39.4 Å². The average molecular weight is 727 g/mol. The Morgan fingerprint density at radius 3 is 2.06 bits per heavy atom. The molecule has 51 heavy (non-hydrogen) atoms. The number of carbonyl (C=O) groups excluding carboxylic acids is 2. The van der Waals surface area contributed by atoms with Crippen LogP contribution in [0.15, 0.2) is 77.7 Å². The van der Waals surface area contributed by atoms with Crippen LogP contribution in [0, 0.1) is 0 Å². The van der Waals surface area contributed by atoms with Gasteiger partial charge >= 0.3 is 0 Å². The van der Waals surface area contributed by atoms with E-state index >= 15 is 0 Å². The highest BCUT2D eigenvalue weighted by Crippen LogP contribution is 2.42. The van der Waals surface area contributed by atoms with Crippen molar-refractivity contribution in [2.45, 2.75) is 50.9 Å². The third-order valence-corrected chi connectivity index (χ3v) is 10.1. The lowest BCUT2D eigenvalue weighted by atomic mass is 9.97. The Bertz CT molecular complexity index is 2190. The fourth-order valence-electron chi connectivity index (χ4n) is 6.66. The number of rotatable bonds is 12. The van der Waals surface area contributed by atoms with E-state index in [0.717, 1.165) is 46.2 Å². The van der Waals surface area contributed by atoms with Gasteiger partial charge in [-0.1, -0.05) is 65.7 Å². The molecular weight excluding hydrogens is 689 g/mol. The molecule has 2 saturated heterocycles. The number of nitrogens with one attached hydrogen (secondary N) is 4. The van der Waals surface area contributed by atoms with Gasteiger partial charge in [-0.05, 0) is 36.6 Å². The van der Waals surface area contributed by atoms with Gasteiger partial charge < -0.3 is 26.0 Å². The molecule has 5 heterocycles. The lowest BCUT2D eigenvalue weighted by molar-refractivity contribution is -0.120. The summed E-state index contributed by atoms with van der Waals surface area (Å²) in [6.07, 6.45) is 4.42. The van der Waals surface area contributed by atoms with Crippen LogP contribution >= 0.6 is 23.2 Å². The highest BCUT2D eigenvalue weighted by Gasteiger charge is 2.22. The molecule has 0 unspecified atom stereocenters. The number of methoxy groups -OCH3 is 1. The molecule has 7 rings (SSSR count). The van der Waals surface area contributed by atoms with Crippen LogP contribution in [0.3, 0.4) is 0 Å². The highest BCUT2D eigenvalue weighted by atomic mass is 35.5. The first kappa shape index (κ1) is 34.6. The Hall–Kier alpha value is -4.81. The summed E-state index contributed by atoms with van der Waals surface area (Å²) < 4.78 is 7.15. The summed E-state index contributed by atoms with van der Waals surface area (Å²) in [6.45, 7) is 2.21. The van der Waals surface area contributed by atoms with E-state index in [1.807, 2.05) is 60.7 Å². The minimum atomic E-state index is -0.186. The summed E-state index contributed by atoms with van der Waals surface area (Å²) in [7, 11) is 1.59. The Balaban J connectivity index is 1.12. The smallest absolute Gasteiger partial charge is 0.258 e. The molecule has 2 aliphatic rings. The molecule has 13 heteroatoms. The number of hydrogen-bond acceptors (Lipinski definition) is 8. The normalized spacial score (nSPS) is 17.2. The quantitative estimate of drug-likeness (QED) is 0.139. The summed E-state index contributed by atoms with van der Waals surface area (Å²) >= 11 is 14.2. The van der Waals surface area contributed by atoms with Gasteiger partial charge in [0, 0.05) is 91.2 Å². The van der Waals surface area contributed by atoms with E-state index in [1.165, 1.54) is 10.5 Å². The first-order chi connectivity index (χ1) is 24.8. The number of ether oxygens (including phenoxy) is 1. The lowest BCUT2D eigenvalue weighted by Crippen LogP contribution is -2.35. The van der Waals surface area contributed by atoms with Crippen LogP contribution in [-0.4, -0.2) is 58.5 Å². The SMILES string of the molecule is COc1nc(-c2cccc(-c3cccc(-c4ccn5c(=O)cc(CNC[C@H]6CCC(=O)N6)nc5c4)c3Cl)c2Cl)ccc1CNC[C@H]1CCC(=O)N1. The van der Waals surface area contributed by atoms with Gasteiger partial charge in [-0.15, -0.1) is 0 Å². The molecule has 11 nitrogen and oxygen atoms in total. The number of amides is 2. The molecule has 2 aliphatic heterocycles. The molecule has 2 fully saturated rings. The maximum atomic E-state index is 12.9. The summed E-state index contributed by atoms with van der Waals surface area (Å²) in [6, 6.07) is 20.8. The third kappa shape index (κ3) is 7.62. The van der Waals surface area contributed by atoms with Crippen LogP contribution in [0.25, 0.3) is 39.2 Å². The van der Waals surface area contributed by atoms with Crippen molar-refractivity contribution >= 4 is 40.7 Å². The number of fused-ring (bicyclic) bond motifs is 1. The zero-order valence-corrected chi connectivity index (χ0v) is 29.5. The van der Waals surface area contributed by atoms with Crippen molar-refractivity contribution in [1.82, 2.24) is 35.6 Å². The molecule has 0 radical (unpaired) electrons. The molecule has 0 spiro atoms. The number of carbonyl (C=O) groups is 2. The Morgan fingerprint density at radius 1 is 0.784 bits per heavy atom. The number of halogens is 2. The standard InChI is InChI=1S/C38H37Cl2N7O4/c1-51-38-23(18-41-19-24-9-12-33(48)44-24)8-11-31(46-38)30-7-3-6-29(37(30)40)28-5-2-4-27(36(28)39)22-14-15-47-32(16-22)43-26(17-35(47)50)21-42-20-25-10-13-34(49)45-25/h2-8,11,14-17,24-25,41-42H,9-10,12-13,18-21H2,1H3,(H,44,48)(H,45,49)/t24-,25-/m1/s1. The summed E-state index contributed by atoms with van der Waals surface area (Å²) in [5.41, 5.74) is 6.25. The molecule has 0 bridgehead atoms. The van der Waals surface area contributed by atoms with E-state index in [1.54, 1.807) is 13.3 Å². The summed E-state index contributed by atoms with van der Waals surface area (Å²) in [5.74, 6) is 0.645. The number of hydrogen-bond donors (Lipinski definition) is 4. The number of pyridine rings is 2. The molecule has 2 amide bonds. The van der Waals surface area contributed by atoms with Crippen molar-refractivity contribution < 1.29 is 14.3 Å². The van der Waals surface area contributed by atoms with Crippen LogP contribution in [0.4, 0.5) is 0 Å². The zero-order chi connectivity index (χ0) is 35.5. The largest absolute Gasteiger partial charge is 0.481 e. The molecular formula is C38H37Cl2N7O4. The van der Waals surface area contributed by atoms with Gasteiger partial charge in [-0.3, -0.25) is 18.8 Å². The van der Waals surface area contributed by atoms with Gasteiger partial charge in [0.05, 0.1) is 28.5 Å². The van der Waals surface area contributed by atoms with Gasteiger partial charge in [0.15, 0.2) is 0 Å². The van der Waals surface area contributed by atoms with Gasteiger partial charge in [0.1, 0.15) is 5.65 Å². The first-order valence-electron chi connectivity index (χ1n) is 16.9. The van der Waals surface area contributed by atoms with E-state index in [0.29, 0.717) is 72.0 Å². The first-order valence-corrected chi connectivity index (χ1v) is 17.7. The lowest BCUT2D eigenvalue weighted by Gasteiger charge is -2.16. The van der Waals surface area contributed by atoms with Crippen molar-refractivity contribution in [3.05, 3.63) is 105 Å². The fraction of sp³-hybridized carbons (Fsp3) is 0.289. The molecule has 2 atom stereocenters. The summed E-state index contributed by atoms with van der Waals surface area (Å²) in [4.78, 5) is 45.5. The van der Waals surface area contributed by atoms with Crippen LogP contribution in [-0.2, 0) is 22.7 Å². The van der Waals surface area contributed by atoms with E-state index in [9.17, 15) is 14.4 Å². The molecule has 3 aromatic heterocycles. The van der Waals surface area contributed by atoms with Gasteiger partial charge in [-0.2, -0.15) is 0 Å². The minimum Gasteiger partial charge on any atom is -0.481 e. The number of benzene rings is 2. The second kappa shape index (κ2) is 15.2. The van der Waals surface area contributed by atoms with Crippen LogP contribution in [0.1, 0.15) is 36.9 Å². The number of aromatic nitrogens is 3.